The van der Waals surface area contributed by atoms with E-state index in [0.29, 0.717) is 0 Å². The second kappa shape index (κ2) is 4.75. The summed E-state index contributed by atoms with van der Waals surface area (Å²) in [5.74, 6) is 3.13. The van der Waals surface area contributed by atoms with Crippen LogP contribution >= 0.6 is 12.2 Å². The largest absolute Gasteiger partial charge is 0.393 e. The number of nitrogens with zero attached hydrogens (tertiary/aromatic N) is 1. The predicted octanol–water partition coefficient (Wildman–Crippen LogP) is 2.81. The summed E-state index contributed by atoms with van der Waals surface area (Å²) in [4.78, 5) is 3.40. The summed E-state index contributed by atoms with van der Waals surface area (Å²) in [5, 5.41) is 0. The molecule has 18 heavy (non-hydrogen) atoms. The van der Waals surface area contributed by atoms with Crippen LogP contribution in [0.2, 0.25) is 0 Å². The number of nitrogens with two attached hydrogens (primary N) is 1. The molecule has 1 saturated heterocycles. The standard InChI is InChI=1S/C15H26N2S/c1-15(14(16)18)4-6-17(7-5-15)10-13-9-11-2-3-12(13)8-11/h11-13H,2-10H2,1H3,(H2,16,18). The van der Waals surface area contributed by atoms with Crippen LogP contribution in [0.3, 0.4) is 0 Å². The van der Waals surface area contributed by atoms with Gasteiger partial charge in [-0.25, -0.2) is 0 Å². The van der Waals surface area contributed by atoms with Crippen molar-refractivity contribution in [3.8, 4) is 0 Å². The van der Waals surface area contributed by atoms with Gasteiger partial charge in [-0.05, 0) is 62.9 Å². The van der Waals surface area contributed by atoms with Crippen molar-refractivity contribution in [2.45, 2.75) is 45.4 Å². The highest BCUT2D eigenvalue weighted by molar-refractivity contribution is 7.80. The molecule has 2 saturated carbocycles. The van der Waals surface area contributed by atoms with Crippen LogP contribution in [0.1, 0.15) is 45.4 Å². The van der Waals surface area contributed by atoms with Crippen molar-refractivity contribution in [1.82, 2.24) is 4.90 Å². The molecular formula is C15H26N2S. The first kappa shape index (κ1) is 12.9. The molecule has 2 nitrogen and oxygen atoms in total. The van der Waals surface area contributed by atoms with Crippen LogP contribution in [-0.2, 0) is 0 Å². The van der Waals surface area contributed by atoms with Crippen molar-refractivity contribution in [1.29, 1.82) is 0 Å². The number of rotatable bonds is 3. The molecule has 3 fully saturated rings. The van der Waals surface area contributed by atoms with Gasteiger partial charge in [0.15, 0.2) is 0 Å². The van der Waals surface area contributed by atoms with E-state index < -0.39 is 0 Å². The third-order valence-corrected chi connectivity index (χ3v) is 6.42. The molecular weight excluding hydrogens is 240 g/mol. The van der Waals surface area contributed by atoms with E-state index in [4.69, 9.17) is 18.0 Å². The van der Waals surface area contributed by atoms with Crippen molar-refractivity contribution < 1.29 is 0 Å². The van der Waals surface area contributed by atoms with Gasteiger partial charge in [-0.1, -0.05) is 25.6 Å². The van der Waals surface area contributed by atoms with Crippen LogP contribution in [0.25, 0.3) is 0 Å². The Morgan fingerprint density at radius 3 is 2.50 bits per heavy atom. The molecule has 3 atom stereocenters. The minimum atomic E-state index is 0.126. The molecule has 3 rings (SSSR count). The van der Waals surface area contributed by atoms with Crippen molar-refractivity contribution in [3.05, 3.63) is 0 Å². The molecule has 3 aliphatic rings. The number of thiocarbonyl (C=S) groups is 1. The van der Waals surface area contributed by atoms with Gasteiger partial charge >= 0.3 is 0 Å². The monoisotopic (exact) mass is 266 g/mol. The van der Waals surface area contributed by atoms with E-state index in [1.165, 1.54) is 45.3 Å². The normalized spacial score (nSPS) is 39.1. The quantitative estimate of drug-likeness (QED) is 0.797. The maximum Gasteiger partial charge on any atom is 0.0788 e. The van der Waals surface area contributed by atoms with E-state index in [1.54, 1.807) is 0 Å². The Bertz CT molecular complexity index is 333. The number of piperidine rings is 1. The maximum absolute atomic E-state index is 5.87. The van der Waals surface area contributed by atoms with E-state index in [2.05, 4.69) is 11.8 Å². The molecule has 0 amide bonds. The Kier molecular flexibility index (Phi) is 3.39. The molecule has 102 valence electrons. The highest BCUT2D eigenvalue weighted by atomic mass is 32.1. The Morgan fingerprint density at radius 1 is 1.28 bits per heavy atom. The summed E-state index contributed by atoms with van der Waals surface area (Å²) < 4.78 is 0. The molecule has 2 N–H and O–H groups in total. The van der Waals surface area contributed by atoms with Gasteiger partial charge in [0.2, 0.25) is 0 Å². The molecule has 3 heteroatoms. The van der Waals surface area contributed by atoms with Gasteiger partial charge in [0.05, 0.1) is 4.99 Å². The van der Waals surface area contributed by atoms with Crippen LogP contribution in [0.4, 0.5) is 0 Å². The fraction of sp³-hybridized carbons (Fsp3) is 0.933. The Labute approximate surface area is 116 Å². The van der Waals surface area contributed by atoms with Gasteiger partial charge in [-0.2, -0.15) is 0 Å². The fourth-order valence-electron chi connectivity index (χ4n) is 4.41. The Balaban J connectivity index is 1.50. The summed E-state index contributed by atoms with van der Waals surface area (Å²) >= 11 is 5.21. The lowest BCUT2D eigenvalue weighted by Gasteiger charge is -2.40. The van der Waals surface area contributed by atoms with Gasteiger partial charge < -0.3 is 10.6 Å². The minimum absolute atomic E-state index is 0.126. The second-order valence-corrected chi connectivity index (χ2v) is 7.60. The van der Waals surface area contributed by atoms with E-state index in [-0.39, 0.29) is 5.41 Å². The first-order valence-corrected chi connectivity index (χ1v) is 8.00. The second-order valence-electron chi connectivity index (χ2n) is 7.16. The fourth-order valence-corrected chi connectivity index (χ4v) is 4.61. The first-order valence-electron chi connectivity index (χ1n) is 7.59. The summed E-state index contributed by atoms with van der Waals surface area (Å²) in [6.45, 7) is 5.97. The number of hydrogen-bond acceptors (Lipinski definition) is 2. The first-order chi connectivity index (χ1) is 8.57. The average Bonchev–Trinajstić information content (AvgIpc) is 2.94. The number of fused-ring (bicyclic) bond motifs is 2. The number of likely N-dealkylation sites (tertiary alicyclic amines) is 1. The number of hydrogen-bond donors (Lipinski definition) is 1. The lowest BCUT2D eigenvalue weighted by atomic mass is 9.79. The molecule has 1 aliphatic heterocycles. The van der Waals surface area contributed by atoms with Crippen molar-refractivity contribution in [2.75, 3.05) is 19.6 Å². The lowest BCUT2D eigenvalue weighted by molar-refractivity contribution is 0.126. The summed E-state index contributed by atoms with van der Waals surface area (Å²) in [5.41, 5.74) is 6.00. The molecule has 1 heterocycles. The molecule has 2 bridgehead atoms. The predicted molar refractivity (Wildman–Crippen MR) is 79.5 cm³/mol. The van der Waals surface area contributed by atoms with Crippen LogP contribution in [0.15, 0.2) is 0 Å². The zero-order valence-corrected chi connectivity index (χ0v) is 12.3. The maximum atomic E-state index is 5.87. The SMILES string of the molecule is CC1(C(N)=S)CCN(CC2CC3CCC2C3)CC1. The van der Waals surface area contributed by atoms with Crippen LogP contribution in [-0.4, -0.2) is 29.5 Å². The van der Waals surface area contributed by atoms with E-state index in [0.717, 1.165) is 35.6 Å². The average molecular weight is 266 g/mol. The zero-order chi connectivity index (χ0) is 12.8. The Hall–Kier alpha value is -0.150. The van der Waals surface area contributed by atoms with Crippen LogP contribution in [0.5, 0.6) is 0 Å². The van der Waals surface area contributed by atoms with Gasteiger partial charge in [0, 0.05) is 12.0 Å². The van der Waals surface area contributed by atoms with E-state index >= 15 is 0 Å². The van der Waals surface area contributed by atoms with Crippen molar-refractivity contribution in [2.24, 2.45) is 28.9 Å². The van der Waals surface area contributed by atoms with Crippen molar-refractivity contribution in [3.63, 3.8) is 0 Å². The van der Waals surface area contributed by atoms with Gasteiger partial charge in [-0.3, -0.25) is 0 Å². The minimum Gasteiger partial charge on any atom is -0.393 e. The summed E-state index contributed by atoms with van der Waals surface area (Å²) in [7, 11) is 0. The lowest BCUT2D eigenvalue weighted by Crippen LogP contribution is -2.46. The molecule has 0 aromatic heterocycles. The molecule has 0 radical (unpaired) electrons. The van der Waals surface area contributed by atoms with E-state index in [9.17, 15) is 0 Å². The van der Waals surface area contributed by atoms with Gasteiger partial charge in [0.25, 0.3) is 0 Å². The topological polar surface area (TPSA) is 29.3 Å². The van der Waals surface area contributed by atoms with Crippen molar-refractivity contribution >= 4 is 17.2 Å². The smallest absolute Gasteiger partial charge is 0.0788 e. The summed E-state index contributed by atoms with van der Waals surface area (Å²) in [6, 6.07) is 0. The Morgan fingerprint density at radius 2 is 2.00 bits per heavy atom. The summed E-state index contributed by atoms with van der Waals surface area (Å²) in [6.07, 6.45) is 8.37. The zero-order valence-electron chi connectivity index (χ0n) is 11.5. The molecule has 0 aromatic carbocycles. The highest BCUT2D eigenvalue weighted by Gasteiger charge is 2.41. The molecule has 0 aromatic rings. The third kappa shape index (κ3) is 2.32. The van der Waals surface area contributed by atoms with Crippen LogP contribution in [0, 0.1) is 23.2 Å². The van der Waals surface area contributed by atoms with Gasteiger partial charge in [0.1, 0.15) is 0 Å². The molecule has 2 aliphatic carbocycles. The van der Waals surface area contributed by atoms with Crippen LogP contribution < -0.4 is 5.73 Å². The van der Waals surface area contributed by atoms with Gasteiger partial charge in [-0.15, -0.1) is 0 Å². The molecule has 3 unspecified atom stereocenters. The molecule has 0 spiro atoms. The highest BCUT2D eigenvalue weighted by Crippen LogP contribution is 2.48. The van der Waals surface area contributed by atoms with E-state index in [1.807, 2.05) is 0 Å². The third-order valence-electron chi connectivity index (χ3n) is 5.93.